The van der Waals surface area contributed by atoms with Gasteiger partial charge < -0.3 is 5.32 Å². The van der Waals surface area contributed by atoms with Crippen molar-refractivity contribution in [3.05, 3.63) is 29.6 Å². The van der Waals surface area contributed by atoms with E-state index >= 15 is 0 Å². The van der Waals surface area contributed by atoms with Gasteiger partial charge in [0.2, 0.25) is 15.9 Å². The molecule has 0 bridgehead atoms. The van der Waals surface area contributed by atoms with Gasteiger partial charge in [0.1, 0.15) is 5.82 Å². The van der Waals surface area contributed by atoms with Crippen molar-refractivity contribution in [2.75, 3.05) is 13.1 Å². The number of sulfonamides is 1. The van der Waals surface area contributed by atoms with Gasteiger partial charge in [0.15, 0.2) is 0 Å². The average Bonchev–Trinajstić information content (AvgIpc) is 2.50. The summed E-state index contributed by atoms with van der Waals surface area (Å²) >= 11 is 0. The fourth-order valence-electron chi connectivity index (χ4n) is 2.86. The van der Waals surface area contributed by atoms with Gasteiger partial charge in [-0.3, -0.25) is 4.79 Å². The standard InChI is InChI=1S/C16H23FN2O3S/c1-12-6-7-15(11-16(12)17)23(21,22)19-10-4-3-5-14(19)8-9-18-13(2)20/h6-7,11,14H,3-5,8-10H2,1-2H3,(H,18,20)/t14-/m1/s1. The molecular formula is C16H23FN2O3S. The summed E-state index contributed by atoms with van der Waals surface area (Å²) in [4.78, 5) is 11.0. The van der Waals surface area contributed by atoms with E-state index in [1.54, 1.807) is 6.92 Å². The number of piperidine rings is 1. The van der Waals surface area contributed by atoms with Gasteiger partial charge in [0, 0.05) is 26.1 Å². The maximum atomic E-state index is 13.7. The van der Waals surface area contributed by atoms with Gasteiger partial charge in [0.25, 0.3) is 0 Å². The number of benzene rings is 1. The van der Waals surface area contributed by atoms with Crippen molar-refractivity contribution < 1.29 is 17.6 Å². The zero-order valence-corrected chi connectivity index (χ0v) is 14.3. The molecule has 0 spiro atoms. The summed E-state index contributed by atoms with van der Waals surface area (Å²) in [6.45, 7) is 3.91. The van der Waals surface area contributed by atoms with Crippen LogP contribution < -0.4 is 5.32 Å². The molecule has 7 heteroatoms. The van der Waals surface area contributed by atoms with E-state index in [2.05, 4.69) is 5.32 Å². The van der Waals surface area contributed by atoms with Crippen molar-refractivity contribution >= 4 is 15.9 Å². The number of aryl methyl sites for hydroxylation is 1. The topological polar surface area (TPSA) is 66.5 Å². The van der Waals surface area contributed by atoms with E-state index in [0.29, 0.717) is 25.1 Å². The van der Waals surface area contributed by atoms with Crippen LogP contribution in [-0.2, 0) is 14.8 Å². The van der Waals surface area contributed by atoms with Gasteiger partial charge in [-0.05, 0) is 43.9 Å². The van der Waals surface area contributed by atoms with E-state index in [1.807, 2.05) is 0 Å². The van der Waals surface area contributed by atoms with Crippen molar-refractivity contribution in [3.63, 3.8) is 0 Å². The van der Waals surface area contributed by atoms with Crippen LogP contribution in [0, 0.1) is 12.7 Å². The van der Waals surface area contributed by atoms with Crippen molar-refractivity contribution in [2.24, 2.45) is 0 Å². The highest BCUT2D eigenvalue weighted by Crippen LogP contribution is 2.27. The van der Waals surface area contributed by atoms with E-state index in [0.717, 1.165) is 25.3 Å². The molecule has 1 N–H and O–H groups in total. The molecule has 23 heavy (non-hydrogen) atoms. The van der Waals surface area contributed by atoms with Gasteiger partial charge in [-0.25, -0.2) is 12.8 Å². The zero-order chi connectivity index (χ0) is 17.0. The third-order valence-electron chi connectivity index (χ3n) is 4.17. The Kier molecular flexibility index (Phi) is 5.75. The molecule has 1 amide bonds. The molecule has 0 saturated carbocycles. The predicted octanol–water partition coefficient (Wildman–Crippen LogP) is 2.20. The number of halogens is 1. The third-order valence-corrected chi connectivity index (χ3v) is 6.12. The molecule has 0 unspecified atom stereocenters. The van der Waals surface area contributed by atoms with Crippen LogP contribution in [0.1, 0.15) is 38.2 Å². The molecule has 2 rings (SSSR count). The molecule has 0 aromatic heterocycles. The van der Waals surface area contributed by atoms with Crippen LogP contribution in [0.4, 0.5) is 4.39 Å². The van der Waals surface area contributed by atoms with Crippen LogP contribution in [0.3, 0.4) is 0 Å². The van der Waals surface area contributed by atoms with Crippen LogP contribution >= 0.6 is 0 Å². The monoisotopic (exact) mass is 342 g/mol. The molecule has 128 valence electrons. The fraction of sp³-hybridized carbons (Fsp3) is 0.562. The zero-order valence-electron chi connectivity index (χ0n) is 13.5. The normalized spacial score (nSPS) is 19.5. The van der Waals surface area contributed by atoms with Crippen LogP contribution in [0.25, 0.3) is 0 Å². The summed E-state index contributed by atoms with van der Waals surface area (Å²) in [5, 5.41) is 2.70. The number of carbonyl (C=O) groups excluding carboxylic acids is 1. The molecule has 5 nitrogen and oxygen atoms in total. The Labute approximate surface area is 136 Å². The first-order valence-electron chi connectivity index (χ1n) is 7.85. The summed E-state index contributed by atoms with van der Waals surface area (Å²) in [5.41, 5.74) is 0.421. The Morgan fingerprint density at radius 1 is 1.39 bits per heavy atom. The van der Waals surface area contributed by atoms with E-state index in [4.69, 9.17) is 0 Å². The Morgan fingerprint density at radius 2 is 2.13 bits per heavy atom. The minimum Gasteiger partial charge on any atom is -0.356 e. The predicted molar refractivity (Wildman–Crippen MR) is 86.0 cm³/mol. The van der Waals surface area contributed by atoms with Gasteiger partial charge in [-0.2, -0.15) is 4.31 Å². The molecule has 1 fully saturated rings. The molecule has 0 aliphatic carbocycles. The minimum absolute atomic E-state index is 0.00738. The molecule has 1 atom stereocenters. The SMILES string of the molecule is CC(=O)NCC[C@H]1CCCCN1S(=O)(=O)c1ccc(C)c(F)c1. The number of nitrogens with zero attached hydrogens (tertiary/aromatic N) is 1. The van der Waals surface area contributed by atoms with E-state index in [9.17, 15) is 17.6 Å². The first kappa shape index (κ1) is 17.9. The maximum absolute atomic E-state index is 13.7. The van der Waals surface area contributed by atoms with Crippen LogP contribution in [-0.4, -0.2) is 37.8 Å². The number of hydrogen-bond acceptors (Lipinski definition) is 3. The Balaban J connectivity index is 2.20. The molecule has 1 aromatic carbocycles. The summed E-state index contributed by atoms with van der Waals surface area (Å²) in [5.74, 6) is -0.645. The molecular weight excluding hydrogens is 319 g/mol. The fourth-order valence-corrected chi connectivity index (χ4v) is 4.60. The largest absolute Gasteiger partial charge is 0.356 e. The first-order valence-corrected chi connectivity index (χ1v) is 9.29. The molecule has 1 aromatic rings. The summed E-state index contributed by atoms with van der Waals surface area (Å²) < 4.78 is 40.9. The van der Waals surface area contributed by atoms with Crippen LogP contribution in [0.15, 0.2) is 23.1 Å². The Morgan fingerprint density at radius 3 is 2.78 bits per heavy atom. The number of carbonyl (C=O) groups is 1. The van der Waals surface area contributed by atoms with Crippen molar-refractivity contribution in [1.29, 1.82) is 0 Å². The Hall–Kier alpha value is -1.47. The first-order chi connectivity index (χ1) is 10.8. The molecule has 1 aliphatic heterocycles. The van der Waals surface area contributed by atoms with E-state index < -0.39 is 15.8 Å². The lowest BCUT2D eigenvalue weighted by Crippen LogP contribution is -2.45. The number of amides is 1. The van der Waals surface area contributed by atoms with Gasteiger partial charge >= 0.3 is 0 Å². The highest BCUT2D eigenvalue weighted by molar-refractivity contribution is 7.89. The van der Waals surface area contributed by atoms with Gasteiger partial charge in [0.05, 0.1) is 4.90 Å². The minimum atomic E-state index is -3.72. The van der Waals surface area contributed by atoms with E-state index in [1.165, 1.54) is 23.4 Å². The Bertz CT molecular complexity index is 676. The molecule has 1 saturated heterocycles. The van der Waals surface area contributed by atoms with Crippen molar-refractivity contribution in [2.45, 2.75) is 50.5 Å². The highest BCUT2D eigenvalue weighted by atomic mass is 32.2. The summed E-state index contributed by atoms with van der Waals surface area (Å²) in [6, 6.07) is 3.86. The maximum Gasteiger partial charge on any atom is 0.243 e. The van der Waals surface area contributed by atoms with Crippen molar-refractivity contribution in [1.82, 2.24) is 9.62 Å². The second kappa shape index (κ2) is 7.40. The lowest BCUT2D eigenvalue weighted by molar-refractivity contribution is -0.119. The number of hydrogen-bond donors (Lipinski definition) is 1. The van der Waals surface area contributed by atoms with E-state index in [-0.39, 0.29) is 16.8 Å². The number of nitrogens with one attached hydrogen (secondary N) is 1. The lowest BCUT2D eigenvalue weighted by Gasteiger charge is -2.34. The van der Waals surface area contributed by atoms with Crippen LogP contribution in [0.2, 0.25) is 0 Å². The van der Waals surface area contributed by atoms with Crippen molar-refractivity contribution in [3.8, 4) is 0 Å². The third kappa shape index (κ3) is 4.29. The molecule has 1 heterocycles. The number of rotatable bonds is 5. The summed E-state index contributed by atoms with van der Waals surface area (Å²) in [6.07, 6.45) is 3.07. The van der Waals surface area contributed by atoms with Gasteiger partial charge in [-0.15, -0.1) is 0 Å². The average molecular weight is 342 g/mol. The highest BCUT2D eigenvalue weighted by Gasteiger charge is 2.33. The smallest absolute Gasteiger partial charge is 0.243 e. The second-order valence-electron chi connectivity index (χ2n) is 5.95. The van der Waals surface area contributed by atoms with Gasteiger partial charge in [-0.1, -0.05) is 12.5 Å². The quantitative estimate of drug-likeness (QED) is 0.892. The molecule has 0 radical (unpaired) electrons. The summed E-state index contributed by atoms with van der Waals surface area (Å²) in [7, 11) is -3.72. The lowest BCUT2D eigenvalue weighted by atomic mass is 10.0. The molecule has 1 aliphatic rings. The second-order valence-corrected chi connectivity index (χ2v) is 7.84. The van der Waals surface area contributed by atoms with Crippen LogP contribution in [0.5, 0.6) is 0 Å².